The standard InChI is InChI=1S/C27H41NO4/c1-25-11-8-20(28-14-3-15-29)16-19(25)5-6-23-22(25)9-12-26(2)21(10-13-27(23,26)31)18-4-7-24(30)32-17-18/h4,7,17,19-23,28-29,31H,3,5-6,8-16H2,1-2H3/t19-,20?,21-,22+,23-,25+,26-,27+/m1/s1. The highest BCUT2D eigenvalue weighted by atomic mass is 16.4. The molecule has 4 aliphatic carbocycles. The lowest BCUT2D eigenvalue weighted by molar-refractivity contribution is -0.202. The highest BCUT2D eigenvalue weighted by Gasteiger charge is 2.67. The second-order valence-corrected chi connectivity index (χ2v) is 11.9. The molecule has 0 bridgehead atoms. The van der Waals surface area contributed by atoms with Gasteiger partial charge in [-0.15, -0.1) is 0 Å². The van der Waals surface area contributed by atoms with Gasteiger partial charge < -0.3 is 19.9 Å². The van der Waals surface area contributed by atoms with Gasteiger partial charge in [-0.3, -0.25) is 0 Å². The minimum atomic E-state index is -0.624. The molecular weight excluding hydrogens is 402 g/mol. The smallest absolute Gasteiger partial charge is 0.335 e. The van der Waals surface area contributed by atoms with Gasteiger partial charge in [0.25, 0.3) is 0 Å². The summed E-state index contributed by atoms with van der Waals surface area (Å²) in [5.41, 5.74) is 0.327. The van der Waals surface area contributed by atoms with Crippen LogP contribution in [0.25, 0.3) is 0 Å². The van der Waals surface area contributed by atoms with E-state index in [0.29, 0.717) is 23.3 Å². The van der Waals surface area contributed by atoms with Gasteiger partial charge in [0.1, 0.15) is 0 Å². The molecule has 0 spiro atoms. The Morgan fingerprint density at radius 2 is 1.91 bits per heavy atom. The van der Waals surface area contributed by atoms with Crippen LogP contribution in [-0.4, -0.2) is 35.0 Å². The molecule has 5 nitrogen and oxygen atoms in total. The SMILES string of the molecule is C[C@]12CCC(NCCCO)C[C@H]1CC[C@@H]1[C@@H]2CC[C@]2(C)[C@@H](c3ccc(=O)oc3)CC[C@]12O. The number of rotatable bonds is 5. The van der Waals surface area contributed by atoms with Crippen molar-refractivity contribution in [1.82, 2.24) is 5.32 Å². The molecule has 4 aliphatic rings. The molecule has 32 heavy (non-hydrogen) atoms. The van der Waals surface area contributed by atoms with Crippen LogP contribution in [0, 0.1) is 28.6 Å². The third-order valence-corrected chi connectivity index (χ3v) is 10.7. The Labute approximate surface area is 192 Å². The van der Waals surface area contributed by atoms with Crippen molar-refractivity contribution in [1.29, 1.82) is 0 Å². The van der Waals surface area contributed by atoms with Crippen LogP contribution < -0.4 is 10.9 Å². The molecule has 4 fully saturated rings. The molecule has 4 saturated carbocycles. The summed E-state index contributed by atoms with van der Waals surface area (Å²) in [6, 6.07) is 4.03. The minimum absolute atomic E-state index is 0.152. The fourth-order valence-electron chi connectivity index (χ4n) is 8.90. The molecule has 178 valence electrons. The lowest BCUT2D eigenvalue weighted by Crippen LogP contribution is -2.62. The predicted molar refractivity (Wildman–Crippen MR) is 124 cm³/mol. The molecule has 0 amide bonds. The summed E-state index contributed by atoms with van der Waals surface area (Å²) in [6.07, 6.45) is 12.6. The summed E-state index contributed by atoms with van der Waals surface area (Å²) in [5.74, 6) is 1.97. The number of hydrogen-bond acceptors (Lipinski definition) is 5. The first kappa shape index (κ1) is 22.6. The zero-order valence-corrected chi connectivity index (χ0v) is 19.8. The first-order valence-electron chi connectivity index (χ1n) is 13.0. The van der Waals surface area contributed by atoms with E-state index in [2.05, 4.69) is 19.2 Å². The Morgan fingerprint density at radius 3 is 2.66 bits per heavy atom. The van der Waals surface area contributed by atoms with E-state index >= 15 is 0 Å². The van der Waals surface area contributed by atoms with E-state index < -0.39 is 5.60 Å². The summed E-state index contributed by atoms with van der Waals surface area (Å²) >= 11 is 0. The maximum absolute atomic E-state index is 12.3. The summed E-state index contributed by atoms with van der Waals surface area (Å²) in [7, 11) is 0. The van der Waals surface area contributed by atoms with Gasteiger partial charge in [0.15, 0.2) is 0 Å². The summed E-state index contributed by atoms with van der Waals surface area (Å²) < 4.78 is 5.21. The molecule has 0 aromatic carbocycles. The first-order valence-corrected chi connectivity index (χ1v) is 13.0. The van der Waals surface area contributed by atoms with E-state index in [4.69, 9.17) is 9.52 Å². The van der Waals surface area contributed by atoms with Crippen molar-refractivity contribution in [2.45, 2.75) is 95.6 Å². The monoisotopic (exact) mass is 443 g/mol. The minimum Gasteiger partial charge on any atom is -0.431 e. The number of aliphatic hydroxyl groups excluding tert-OH is 1. The maximum atomic E-state index is 12.3. The number of nitrogens with one attached hydrogen (secondary N) is 1. The third-order valence-electron chi connectivity index (χ3n) is 10.7. The van der Waals surface area contributed by atoms with Crippen molar-refractivity contribution >= 4 is 0 Å². The highest BCUT2D eigenvalue weighted by molar-refractivity contribution is 5.27. The highest BCUT2D eigenvalue weighted by Crippen LogP contribution is 2.70. The first-order chi connectivity index (χ1) is 15.3. The average Bonchev–Trinajstić information content (AvgIpc) is 3.06. The van der Waals surface area contributed by atoms with Crippen LogP contribution in [-0.2, 0) is 0 Å². The van der Waals surface area contributed by atoms with Gasteiger partial charge in [-0.05, 0) is 111 Å². The number of fused-ring (bicyclic) bond motifs is 5. The normalized spacial score (nSPS) is 45.7. The van der Waals surface area contributed by atoms with Gasteiger partial charge in [-0.1, -0.05) is 13.8 Å². The Bertz CT molecular complexity index is 864. The molecule has 1 aromatic rings. The quantitative estimate of drug-likeness (QED) is 0.594. The maximum Gasteiger partial charge on any atom is 0.335 e. The van der Waals surface area contributed by atoms with Gasteiger partial charge in [0.05, 0.1) is 11.9 Å². The molecule has 1 unspecified atom stereocenters. The van der Waals surface area contributed by atoms with E-state index in [1.54, 1.807) is 6.26 Å². The average molecular weight is 444 g/mol. The van der Waals surface area contributed by atoms with Crippen LogP contribution in [0.3, 0.4) is 0 Å². The van der Waals surface area contributed by atoms with Gasteiger partial charge in [0.2, 0.25) is 0 Å². The summed E-state index contributed by atoms with van der Waals surface area (Å²) in [6.45, 7) is 6.01. The van der Waals surface area contributed by atoms with E-state index in [1.807, 2.05) is 6.07 Å². The molecule has 5 rings (SSSR count). The van der Waals surface area contributed by atoms with Gasteiger partial charge in [-0.2, -0.15) is 0 Å². The second kappa shape index (κ2) is 8.25. The fraction of sp³-hybridized carbons (Fsp3) is 0.815. The predicted octanol–water partition coefficient (Wildman–Crippen LogP) is 4.22. The molecule has 1 aromatic heterocycles. The van der Waals surface area contributed by atoms with E-state index in [1.165, 1.54) is 38.2 Å². The molecule has 0 saturated heterocycles. The topological polar surface area (TPSA) is 82.7 Å². The van der Waals surface area contributed by atoms with Gasteiger partial charge >= 0.3 is 5.63 Å². The Balaban J connectivity index is 1.36. The molecule has 3 N–H and O–H groups in total. The van der Waals surface area contributed by atoms with Crippen LogP contribution in [0.15, 0.2) is 27.6 Å². The zero-order chi connectivity index (χ0) is 22.6. The van der Waals surface area contributed by atoms with E-state index in [-0.39, 0.29) is 23.6 Å². The lowest BCUT2D eigenvalue weighted by atomic mass is 9.43. The van der Waals surface area contributed by atoms with Crippen LogP contribution in [0.4, 0.5) is 0 Å². The van der Waals surface area contributed by atoms with Crippen molar-refractivity contribution in [2.75, 3.05) is 13.2 Å². The van der Waals surface area contributed by atoms with Crippen LogP contribution in [0.2, 0.25) is 0 Å². The summed E-state index contributed by atoms with van der Waals surface area (Å²) in [4.78, 5) is 11.5. The molecule has 0 radical (unpaired) electrons. The molecule has 8 atom stereocenters. The Morgan fingerprint density at radius 1 is 1.06 bits per heavy atom. The van der Waals surface area contributed by atoms with Gasteiger partial charge in [-0.25, -0.2) is 4.79 Å². The van der Waals surface area contributed by atoms with Crippen molar-refractivity contribution < 1.29 is 14.6 Å². The van der Waals surface area contributed by atoms with Crippen molar-refractivity contribution in [3.63, 3.8) is 0 Å². The zero-order valence-electron chi connectivity index (χ0n) is 19.8. The Hall–Kier alpha value is -1.17. The van der Waals surface area contributed by atoms with E-state index in [0.717, 1.165) is 50.1 Å². The Kier molecular flexibility index (Phi) is 5.83. The largest absolute Gasteiger partial charge is 0.431 e. The lowest BCUT2D eigenvalue weighted by Gasteiger charge is -2.64. The van der Waals surface area contributed by atoms with E-state index in [9.17, 15) is 9.90 Å². The molecular formula is C27H41NO4. The third kappa shape index (κ3) is 3.33. The van der Waals surface area contributed by atoms with Crippen molar-refractivity contribution in [3.05, 3.63) is 34.4 Å². The van der Waals surface area contributed by atoms with Crippen LogP contribution >= 0.6 is 0 Å². The molecule has 0 aliphatic heterocycles. The van der Waals surface area contributed by atoms with Crippen molar-refractivity contribution in [2.24, 2.45) is 28.6 Å². The number of aliphatic hydroxyl groups is 2. The number of hydrogen-bond donors (Lipinski definition) is 3. The van der Waals surface area contributed by atoms with Crippen LogP contribution in [0.1, 0.15) is 89.5 Å². The molecule has 1 heterocycles. The molecule has 5 heteroatoms. The van der Waals surface area contributed by atoms with Crippen molar-refractivity contribution in [3.8, 4) is 0 Å². The fourth-order valence-corrected chi connectivity index (χ4v) is 8.90. The summed E-state index contributed by atoms with van der Waals surface area (Å²) in [5, 5.41) is 25.1. The van der Waals surface area contributed by atoms with Gasteiger partial charge in [0, 0.05) is 24.1 Å². The second-order valence-electron chi connectivity index (χ2n) is 11.9. The van der Waals surface area contributed by atoms with Crippen LogP contribution in [0.5, 0.6) is 0 Å².